The molecule has 0 radical (unpaired) electrons. The second-order valence-corrected chi connectivity index (χ2v) is 7.47. The number of hydroxylamine groups is 2. The number of nitrogens with zero attached hydrogens (tertiary/aromatic N) is 1. The zero-order valence-electron chi connectivity index (χ0n) is 17.8. The van der Waals surface area contributed by atoms with Gasteiger partial charge in [0.2, 0.25) is 6.79 Å². The molecule has 1 amide bonds. The zero-order chi connectivity index (χ0) is 21.7. The van der Waals surface area contributed by atoms with Crippen LogP contribution in [0.3, 0.4) is 0 Å². The number of carbonyl (C=O) groups is 2. The molecule has 26 heavy (non-hydrogen) atoms. The van der Waals surface area contributed by atoms with E-state index in [4.69, 9.17) is 12.3 Å². The first-order chi connectivity index (χ1) is 12.8. The number of rotatable bonds is 7. The molecule has 0 aromatic heterocycles. The first kappa shape index (κ1) is 18.8. The van der Waals surface area contributed by atoms with Crippen LogP contribution < -0.4 is 0 Å². The molecule has 0 N–H and O–H groups in total. The first-order valence-electron chi connectivity index (χ1n) is 9.36. The summed E-state index contributed by atoms with van der Waals surface area (Å²) in [5.41, 5.74) is -1.96. The van der Waals surface area contributed by atoms with Crippen LogP contribution in [-0.2, 0) is 25.7 Å². The van der Waals surface area contributed by atoms with Gasteiger partial charge in [-0.2, -0.15) is 0 Å². The Kier molecular flexibility index (Phi) is 6.19. The van der Waals surface area contributed by atoms with Gasteiger partial charge in [0.25, 0.3) is 5.91 Å². The molecule has 1 unspecified atom stereocenters. The summed E-state index contributed by atoms with van der Waals surface area (Å²) < 4.78 is 47.2. The summed E-state index contributed by atoms with van der Waals surface area (Å²) in [6, 6.07) is 2.79. The Morgan fingerprint density at radius 2 is 1.73 bits per heavy atom. The highest BCUT2D eigenvalue weighted by atomic mass is 19.1. The molecule has 0 spiro atoms. The van der Waals surface area contributed by atoms with Crippen LogP contribution in [0.15, 0.2) is 18.2 Å². The quantitative estimate of drug-likeness (QED) is 0.408. The first-order valence-corrected chi connectivity index (χ1v) is 8.07. The lowest BCUT2D eigenvalue weighted by Crippen LogP contribution is -2.41. The highest BCUT2D eigenvalue weighted by Crippen LogP contribution is 2.25. The lowest BCUT2D eigenvalue weighted by Gasteiger charge is -2.30. The highest BCUT2D eigenvalue weighted by Gasteiger charge is 2.32. The van der Waals surface area contributed by atoms with E-state index in [0.29, 0.717) is 6.07 Å². The zero-order valence-corrected chi connectivity index (χ0v) is 15.8. The van der Waals surface area contributed by atoms with Gasteiger partial charge >= 0.3 is 5.97 Å². The number of esters is 1. The SMILES string of the molecule is [2H]CC([2H])C(C)(C)C(=O)N(Cc1cc(F)cc(F)c1)OCOC(=O)C(C)(C)C. The molecule has 0 heterocycles. The third kappa shape index (κ3) is 6.37. The Bertz CT molecular complexity index is 687. The van der Waals surface area contributed by atoms with E-state index < -0.39 is 47.5 Å². The van der Waals surface area contributed by atoms with Crippen molar-refractivity contribution in [3.63, 3.8) is 0 Å². The Hall–Kier alpha value is -2.02. The fourth-order valence-corrected chi connectivity index (χ4v) is 1.81. The number of benzene rings is 1. The Morgan fingerprint density at radius 3 is 2.23 bits per heavy atom. The van der Waals surface area contributed by atoms with Gasteiger partial charge in [-0.15, -0.1) is 0 Å². The minimum absolute atomic E-state index is 0.121. The van der Waals surface area contributed by atoms with E-state index in [9.17, 15) is 18.4 Å². The van der Waals surface area contributed by atoms with Gasteiger partial charge in [-0.25, -0.2) is 18.7 Å². The Labute approximate surface area is 156 Å². The second-order valence-electron chi connectivity index (χ2n) is 7.47. The van der Waals surface area contributed by atoms with E-state index in [0.717, 1.165) is 17.2 Å². The molecule has 0 saturated heterocycles. The standard InChI is InChI=1S/C19H27F2NO4/c1-7-19(5,6)16(23)22(26-12-25-17(24)18(2,3)4)11-13-8-14(20)10-15(21)9-13/h8-10H,7,11-12H2,1-6H3/i1D,7D. The number of halogens is 2. The summed E-state index contributed by atoms with van der Waals surface area (Å²) >= 11 is 0. The summed E-state index contributed by atoms with van der Waals surface area (Å²) in [7, 11) is 0. The molecule has 0 aliphatic rings. The molecule has 1 atom stereocenters. The number of amides is 1. The third-order valence-corrected chi connectivity index (χ3v) is 3.55. The van der Waals surface area contributed by atoms with Crippen LogP contribution in [0, 0.1) is 22.5 Å². The molecule has 7 heteroatoms. The van der Waals surface area contributed by atoms with Gasteiger partial charge in [-0.05, 0) is 44.9 Å². The average molecular weight is 373 g/mol. The smallest absolute Gasteiger partial charge is 0.313 e. The van der Waals surface area contributed by atoms with Gasteiger partial charge in [-0.3, -0.25) is 9.59 Å². The van der Waals surface area contributed by atoms with Crippen molar-refractivity contribution in [1.29, 1.82) is 0 Å². The van der Waals surface area contributed by atoms with Gasteiger partial charge < -0.3 is 4.74 Å². The van der Waals surface area contributed by atoms with Crippen molar-refractivity contribution in [3.05, 3.63) is 35.4 Å². The molecule has 1 rings (SSSR count). The van der Waals surface area contributed by atoms with Crippen molar-refractivity contribution in [2.75, 3.05) is 6.79 Å². The molecule has 0 aliphatic carbocycles. The number of hydrogen-bond donors (Lipinski definition) is 0. The maximum absolute atomic E-state index is 13.5. The van der Waals surface area contributed by atoms with Crippen molar-refractivity contribution >= 4 is 11.9 Å². The second kappa shape index (κ2) is 8.58. The molecule has 0 saturated carbocycles. The summed E-state index contributed by atoms with van der Waals surface area (Å²) in [6.07, 6.45) is -1.05. The normalized spacial score (nSPS) is 14.3. The summed E-state index contributed by atoms with van der Waals surface area (Å²) in [5.74, 6) is -2.85. The Balaban J connectivity index is 3.02. The van der Waals surface area contributed by atoms with Crippen molar-refractivity contribution in [2.45, 2.75) is 54.5 Å². The van der Waals surface area contributed by atoms with E-state index >= 15 is 0 Å². The van der Waals surface area contributed by atoms with E-state index in [1.54, 1.807) is 20.8 Å². The summed E-state index contributed by atoms with van der Waals surface area (Å²) in [6.45, 7) is 6.67. The molecular formula is C19H27F2NO4. The summed E-state index contributed by atoms with van der Waals surface area (Å²) in [4.78, 5) is 30.0. The van der Waals surface area contributed by atoms with Crippen LogP contribution in [0.4, 0.5) is 8.78 Å². The maximum atomic E-state index is 13.5. The molecule has 5 nitrogen and oxygen atoms in total. The van der Waals surface area contributed by atoms with Crippen LogP contribution in [0.25, 0.3) is 0 Å². The fourth-order valence-electron chi connectivity index (χ4n) is 1.81. The minimum atomic E-state index is -1.30. The predicted molar refractivity (Wildman–Crippen MR) is 92.5 cm³/mol. The van der Waals surface area contributed by atoms with Crippen LogP contribution in [-0.4, -0.2) is 23.7 Å². The molecule has 146 valence electrons. The van der Waals surface area contributed by atoms with Crippen LogP contribution in [0.5, 0.6) is 0 Å². The van der Waals surface area contributed by atoms with Crippen molar-refractivity contribution < 1.29 is 30.7 Å². The topological polar surface area (TPSA) is 55.8 Å². The fraction of sp³-hybridized carbons (Fsp3) is 0.579. The largest absolute Gasteiger partial charge is 0.436 e. The van der Waals surface area contributed by atoms with Crippen LogP contribution >= 0.6 is 0 Å². The molecule has 0 bridgehead atoms. The lowest BCUT2D eigenvalue weighted by molar-refractivity contribution is -0.236. The van der Waals surface area contributed by atoms with Crippen molar-refractivity contribution in [3.8, 4) is 0 Å². The molecule has 0 fully saturated rings. The number of ether oxygens (including phenoxy) is 1. The van der Waals surface area contributed by atoms with Crippen LogP contribution in [0.2, 0.25) is 0 Å². The Morgan fingerprint density at radius 1 is 1.15 bits per heavy atom. The minimum Gasteiger partial charge on any atom is -0.436 e. The van der Waals surface area contributed by atoms with E-state index in [1.807, 2.05) is 0 Å². The van der Waals surface area contributed by atoms with Gasteiger partial charge in [0.15, 0.2) is 0 Å². The monoisotopic (exact) mass is 373 g/mol. The molecule has 0 aliphatic heterocycles. The average Bonchev–Trinajstić information content (AvgIpc) is 2.57. The van der Waals surface area contributed by atoms with Crippen molar-refractivity contribution in [1.82, 2.24) is 5.06 Å². The van der Waals surface area contributed by atoms with E-state index in [2.05, 4.69) is 0 Å². The predicted octanol–water partition coefficient (Wildman–Crippen LogP) is 4.21. The number of carbonyl (C=O) groups excluding carboxylic acids is 2. The highest BCUT2D eigenvalue weighted by molar-refractivity contribution is 5.81. The van der Waals surface area contributed by atoms with Crippen LogP contribution in [0.1, 0.15) is 56.2 Å². The van der Waals surface area contributed by atoms with Gasteiger partial charge in [0.1, 0.15) is 11.6 Å². The lowest BCUT2D eigenvalue weighted by atomic mass is 9.89. The van der Waals surface area contributed by atoms with E-state index in [-0.39, 0.29) is 19.0 Å². The third-order valence-electron chi connectivity index (χ3n) is 3.55. The maximum Gasteiger partial charge on any atom is 0.313 e. The van der Waals surface area contributed by atoms with Crippen molar-refractivity contribution in [2.24, 2.45) is 10.8 Å². The van der Waals surface area contributed by atoms with Gasteiger partial charge in [-0.1, -0.05) is 20.7 Å². The molecule has 1 aromatic carbocycles. The molecule has 1 aromatic rings. The van der Waals surface area contributed by atoms with Gasteiger partial charge in [0, 0.05) is 14.2 Å². The van der Waals surface area contributed by atoms with E-state index in [1.165, 1.54) is 13.8 Å². The molecular weight excluding hydrogens is 344 g/mol. The summed E-state index contributed by atoms with van der Waals surface area (Å²) in [5, 5.41) is 0.807. The van der Waals surface area contributed by atoms with Gasteiger partial charge in [0.05, 0.1) is 12.0 Å². The number of hydrogen-bond acceptors (Lipinski definition) is 4.